The highest BCUT2D eigenvalue weighted by Crippen LogP contribution is 2.43. The molecule has 3 aromatic rings. The van der Waals surface area contributed by atoms with Gasteiger partial charge in [0.15, 0.2) is 0 Å². The minimum Gasteiger partial charge on any atom is -0.488 e. The van der Waals surface area contributed by atoms with Crippen LogP contribution in [0.1, 0.15) is 34.3 Å². The quantitative estimate of drug-likeness (QED) is 0.316. The molecule has 0 heterocycles. The highest BCUT2D eigenvalue weighted by atomic mass is 16.5. The molecule has 5 rings (SSSR count). The van der Waals surface area contributed by atoms with E-state index in [1.807, 2.05) is 72.8 Å². The third kappa shape index (κ3) is 5.28. The highest BCUT2D eigenvalue weighted by Gasteiger charge is 2.35. The van der Waals surface area contributed by atoms with Gasteiger partial charge in [0.1, 0.15) is 24.5 Å². The van der Waals surface area contributed by atoms with Gasteiger partial charge in [-0.2, -0.15) is 0 Å². The minimum absolute atomic E-state index is 0.232. The number of fused-ring (bicyclic) bond motifs is 2. The lowest BCUT2D eigenvalue weighted by atomic mass is 9.93. The Labute approximate surface area is 195 Å². The van der Waals surface area contributed by atoms with E-state index in [4.69, 9.17) is 9.47 Å². The zero-order valence-electron chi connectivity index (χ0n) is 18.7. The van der Waals surface area contributed by atoms with Crippen molar-refractivity contribution < 1.29 is 14.3 Å². The third-order valence-corrected chi connectivity index (χ3v) is 6.64. The number of carbonyl (C=O) groups excluding carboxylic acids is 1. The molecule has 0 radical (unpaired) electrons. The van der Waals surface area contributed by atoms with Gasteiger partial charge in [0.05, 0.1) is 0 Å². The van der Waals surface area contributed by atoms with Gasteiger partial charge in [0.25, 0.3) is 0 Å². The van der Waals surface area contributed by atoms with Gasteiger partial charge in [-0.25, -0.2) is 4.79 Å². The molecule has 3 aromatic carbocycles. The summed E-state index contributed by atoms with van der Waals surface area (Å²) in [6, 6.07) is 25.3. The van der Waals surface area contributed by atoms with Crippen molar-refractivity contribution in [3.8, 4) is 5.75 Å². The maximum Gasteiger partial charge on any atom is 0.342 e. The molecule has 4 nitrogen and oxygen atoms in total. The smallest absolute Gasteiger partial charge is 0.342 e. The molecule has 2 bridgehead atoms. The fourth-order valence-electron chi connectivity index (χ4n) is 4.83. The van der Waals surface area contributed by atoms with Gasteiger partial charge in [0.2, 0.25) is 0 Å². The Kier molecular flexibility index (Phi) is 6.43. The van der Waals surface area contributed by atoms with Crippen molar-refractivity contribution >= 4 is 11.7 Å². The van der Waals surface area contributed by atoms with Crippen LogP contribution in [0.4, 0.5) is 5.69 Å². The maximum atomic E-state index is 12.9. The average molecular weight is 440 g/mol. The lowest BCUT2D eigenvalue weighted by molar-refractivity contribution is 0.0467. The Morgan fingerprint density at radius 2 is 1.58 bits per heavy atom. The van der Waals surface area contributed by atoms with Gasteiger partial charge < -0.3 is 14.8 Å². The van der Waals surface area contributed by atoms with Crippen LogP contribution in [0, 0.1) is 17.8 Å². The second kappa shape index (κ2) is 9.95. The van der Waals surface area contributed by atoms with Crippen LogP contribution in [0.5, 0.6) is 5.75 Å². The Bertz CT molecular complexity index is 1110. The van der Waals surface area contributed by atoms with Gasteiger partial charge >= 0.3 is 5.97 Å². The van der Waals surface area contributed by atoms with Crippen molar-refractivity contribution in [2.75, 3.05) is 11.9 Å². The molecule has 0 amide bonds. The molecule has 3 atom stereocenters. The number of hydrogen-bond acceptors (Lipinski definition) is 4. The van der Waals surface area contributed by atoms with Gasteiger partial charge in [-0.05, 0) is 53.9 Å². The standard InChI is InChI=1S/C29H29NO3/c31-29(33-20-22-9-5-2-6-10-22)27-14-13-26(30-18-25-16-23-11-12-24(25)15-23)17-28(27)32-19-21-7-3-1-4-8-21/h1-14,17,23-25,30H,15-16,18-20H2. The first-order valence-electron chi connectivity index (χ1n) is 11.7. The first-order valence-corrected chi connectivity index (χ1v) is 11.7. The first kappa shape index (κ1) is 21.3. The van der Waals surface area contributed by atoms with Crippen molar-refractivity contribution in [1.29, 1.82) is 0 Å². The molecule has 0 spiro atoms. The molecule has 2 aliphatic carbocycles. The number of benzene rings is 3. The molecular formula is C29H29NO3. The predicted octanol–water partition coefficient (Wildman–Crippen LogP) is 6.25. The van der Waals surface area contributed by atoms with Crippen LogP contribution in [0.25, 0.3) is 0 Å². The molecule has 4 heteroatoms. The van der Waals surface area contributed by atoms with Crippen LogP contribution in [0.3, 0.4) is 0 Å². The normalized spacial score (nSPS) is 20.5. The molecule has 1 fully saturated rings. The molecule has 0 saturated heterocycles. The second-order valence-corrected chi connectivity index (χ2v) is 8.97. The van der Waals surface area contributed by atoms with E-state index in [0.29, 0.717) is 29.8 Å². The molecule has 33 heavy (non-hydrogen) atoms. The van der Waals surface area contributed by atoms with E-state index in [1.165, 1.54) is 12.8 Å². The second-order valence-electron chi connectivity index (χ2n) is 8.97. The Morgan fingerprint density at radius 1 is 0.848 bits per heavy atom. The van der Waals surface area contributed by atoms with E-state index < -0.39 is 0 Å². The summed E-state index contributed by atoms with van der Waals surface area (Å²) in [6.07, 6.45) is 7.30. The van der Waals surface area contributed by atoms with Crippen molar-refractivity contribution in [2.45, 2.75) is 26.1 Å². The van der Waals surface area contributed by atoms with Crippen LogP contribution >= 0.6 is 0 Å². The SMILES string of the molecule is O=C(OCc1ccccc1)c1ccc(NCC2CC3C=CC2C3)cc1OCc1ccccc1. The lowest BCUT2D eigenvalue weighted by Gasteiger charge is -2.20. The molecule has 2 aliphatic rings. The summed E-state index contributed by atoms with van der Waals surface area (Å²) in [5.74, 6) is 2.28. The van der Waals surface area contributed by atoms with E-state index in [1.54, 1.807) is 6.07 Å². The minimum atomic E-state index is -0.383. The van der Waals surface area contributed by atoms with Gasteiger partial charge in [0, 0.05) is 18.3 Å². The van der Waals surface area contributed by atoms with E-state index >= 15 is 0 Å². The predicted molar refractivity (Wildman–Crippen MR) is 130 cm³/mol. The summed E-state index contributed by atoms with van der Waals surface area (Å²) in [4.78, 5) is 12.9. The van der Waals surface area contributed by atoms with E-state index in [2.05, 4.69) is 17.5 Å². The van der Waals surface area contributed by atoms with Crippen molar-refractivity contribution in [2.24, 2.45) is 17.8 Å². The zero-order chi connectivity index (χ0) is 22.5. The summed E-state index contributed by atoms with van der Waals surface area (Å²) in [6.45, 7) is 1.55. The number of esters is 1. The largest absolute Gasteiger partial charge is 0.488 e. The van der Waals surface area contributed by atoms with Crippen molar-refractivity contribution in [3.05, 3.63) is 108 Å². The van der Waals surface area contributed by atoms with E-state index in [-0.39, 0.29) is 12.6 Å². The Morgan fingerprint density at radius 3 is 2.24 bits per heavy atom. The zero-order valence-corrected chi connectivity index (χ0v) is 18.7. The fraction of sp³-hybridized carbons (Fsp3) is 0.276. The summed E-state index contributed by atoms with van der Waals surface area (Å²) in [5.41, 5.74) is 3.41. The van der Waals surface area contributed by atoms with E-state index in [0.717, 1.165) is 29.3 Å². The molecule has 168 valence electrons. The number of allylic oxidation sites excluding steroid dienone is 2. The molecule has 0 aliphatic heterocycles. The summed E-state index contributed by atoms with van der Waals surface area (Å²) in [5, 5.41) is 3.57. The fourth-order valence-corrected chi connectivity index (χ4v) is 4.83. The Hall–Kier alpha value is -3.53. The van der Waals surface area contributed by atoms with Crippen molar-refractivity contribution in [3.63, 3.8) is 0 Å². The number of carbonyl (C=O) groups is 1. The van der Waals surface area contributed by atoms with Gasteiger partial charge in [-0.1, -0.05) is 72.8 Å². The molecule has 1 N–H and O–H groups in total. The van der Waals surface area contributed by atoms with Crippen LogP contribution in [-0.4, -0.2) is 12.5 Å². The highest BCUT2D eigenvalue weighted by molar-refractivity contribution is 5.93. The number of anilines is 1. The lowest BCUT2D eigenvalue weighted by Crippen LogP contribution is -2.18. The average Bonchev–Trinajstić information content (AvgIpc) is 3.50. The molecular weight excluding hydrogens is 410 g/mol. The monoisotopic (exact) mass is 439 g/mol. The number of nitrogens with one attached hydrogen (secondary N) is 1. The molecule has 0 aromatic heterocycles. The van der Waals surface area contributed by atoms with Gasteiger partial charge in [-0.3, -0.25) is 0 Å². The summed E-state index contributed by atoms with van der Waals surface area (Å²) < 4.78 is 11.7. The Balaban J connectivity index is 1.29. The third-order valence-electron chi connectivity index (χ3n) is 6.64. The topological polar surface area (TPSA) is 47.6 Å². The van der Waals surface area contributed by atoms with Crippen LogP contribution < -0.4 is 10.1 Å². The summed E-state index contributed by atoms with van der Waals surface area (Å²) >= 11 is 0. The van der Waals surface area contributed by atoms with Crippen molar-refractivity contribution in [1.82, 2.24) is 0 Å². The summed E-state index contributed by atoms with van der Waals surface area (Å²) in [7, 11) is 0. The van der Waals surface area contributed by atoms with Gasteiger partial charge in [-0.15, -0.1) is 0 Å². The number of ether oxygens (including phenoxy) is 2. The van der Waals surface area contributed by atoms with E-state index in [9.17, 15) is 4.79 Å². The number of hydrogen-bond donors (Lipinski definition) is 1. The first-order chi connectivity index (χ1) is 16.2. The molecule has 1 saturated carbocycles. The maximum absolute atomic E-state index is 12.9. The molecule has 3 unspecified atom stereocenters. The van der Waals surface area contributed by atoms with Crippen LogP contribution in [0.2, 0.25) is 0 Å². The van der Waals surface area contributed by atoms with Crippen LogP contribution in [0.15, 0.2) is 91.0 Å². The van der Waals surface area contributed by atoms with Crippen LogP contribution in [-0.2, 0) is 18.0 Å². The number of rotatable bonds is 9.